The lowest BCUT2D eigenvalue weighted by atomic mass is 10.1. The molecule has 1 heterocycles. The summed E-state index contributed by atoms with van der Waals surface area (Å²) in [6.07, 6.45) is 0.851. The van der Waals surface area contributed by atoms with Gasteiger partial charge in [0.2, 0.25) is 0 Å². The van der Waals surface area contributed by atoms with Crippen molar-refractivity contribution >= 4 is 26.9 Å². The van der Waals surface area contributed by atoms with E-state index in [0.717, 1.165) is 16.8 Å². The minimum atomic E-state index is -4.13. The average molecular weight is 334 g/mol. The van der Waals surface area contributed by atoms with E-state index in [1.165, 1.54) is 26.0 Å². The summed E-state index contributed by atoms with van der Waals surface area (Å²) in [6.45, 7) is 2.95. The van der Waals surface area contributed by atoms with Crippen LogP contribution < -0.4 is 0 Å². The average Bonchev–Trinajstić information content (AvgIpc) is 2.44. The summed E-state index contributed by atoms with van der Waals surface area (Å²) >= 11 is 0. The van der Waals surface area contributed by atoms with E-state index < -0.39 is 27.8 Å². The predicted molar refractivity (Wildman–Crippen MR) is 81.6 cm³/mol. The van der Waals surface area contributed by atoms with Crippen molar-refractivity contribution < 1.29 is 26.9 Å². The standard InChI is InChI=1S/C16H14O6S/c1-16(2)20-14(17)10-15(21-16)22-23(18,19)13-8-7-11-5-3-4-6-12(11)9-13/h3-10H,1-2H3. The van der Waals surface area contributed by atoms with Crippen molar-refractivity contribution in [3.05, 3.63) is 54.5 Å². The quantitative estimate of drug-likeness (QED) is 0.634. The van der Waals surface area contributed by atoms with Crippen LogP contribution in [0, 0.1) is 0 Å². The molecule has 1 aliphatic heterocycles. The van der Waals surface area contributed by atoms with Gasteiger partial charge in [-0.1, -0.05) is 30.3 Å². The molecule has 23 heavy (non-hydrogen) atoms. The molecule has 0 aromatic heterocycles. The highest BCUT2D eigenvalue weighted by Crippen LogP contribution is 2.27. The molecule has 1 aliphatic rings. The highest BCUT2D eigenvalue weighted by molar-refractivity contribution is 7.86. The van der Waals surface area contributed by atoms with E-state index in [1.807, 2.05) is 18.2 Å². The van der Waals surface area contributed by atoms with Crippen molar-refractivity contribution in [2.24, 2.45) is 0 Å². The van der Waals surface area contributed by atoms with E-state index in [2.05, 4.69) is 0 Å². The molecule has 3 rings (SSSR count). The molecule has 0 radical (unpaired) electrons. The van der Waals surface area contributed by atoms with Crippen LogP contribution in [0.2, 0.25) is 0 Å². The molecule has 2 aromatic rings. The van der Waals surface area contributed by atoms with Gasteiger partial charge >= 0.3 is 22.0 Å². The van der Waals surface area contributed by atoms with Gasteiger partial charge in [0.15, 0.2) is 0 Å². The van der Waals surface area contributed by atoms with E-state index >= 15 is 0 Å². The van der Waals surface area contributed by atoms with E-state index in [1.54, 1.807) is 12.1 Å². The Balaban J connectivity index is 1.93. The highest BCUT2D eigenvalue weighted by Gasteiger charge is 2.33. The van der Waals surface area contributed by atoms with Crippen molar-refractivity contribution in [1.29, 1.82) is 0 Å². The topological polar surface area (TPSA) is 78.9 Å². The summed E-state index contributed by atoms with van der Waals surface area (Å²) < 4.78 is 39.7. The first-order valence-electron chi connectivity index (χ1n) is 6.82. The van der Waals surface area contributed by atoms with Crippen molar-refractivity contribution in [2.45, 2.75) is 24.5 Å². The Kier molecular flexibility index (Phi) is 3.52. The van der Waals surface area contributed by atoms with Gasteiger partial charge in [-0.3, -0.25) is 0 Å². The lowest BCUT2D eigenvalue weighted by Gasteiger charge is -2.29. The maximum absolute atomic E-state index is 12.4. The first kappa shape index (κ1) is 15.4. The fraction of sp³-hybridized carbons (Fsp3) is 0.188. The molecule has 0 saturated carbocycles. The molecule has 0 saturated heterocycles. The summed E-state index contributed by atoms with van der Waals surface area (Å²) in [7, 11) is -4.13. The van der Waals surface area contributed by atoms with Crippen LogP contribution in [0.15, 0.2) is 59.4 Å². The molecule has 0 fully saturated rings. The fourth-order valence-corrected chi connectivity index (χ4v) is 3.08. The Labute approximate surface area is 133 Å². The van der Waals surface area contributed by atoms with Crippen LogP contribution in [-0.4, -0.2) is 20.2 Å². The number of carbonyl (C=O) groups excluding carboxylic acids is 1. The second-order valence-corrected chi connectivity index (χ2v) is 6.98. The first-order chi connectivity index (χ1) is 10.8. The summed E-state index contributed by atoms with van der Waals surface area (Å²) in [4.78, 5) is 11.4. The Morgan fingerprint density at radius 2 is 1.70 bits per heavy atom. The number of benzene rings is 2. The first-order valence-corrected chi connectivity index (χ1v) is 8.23. The molecule has 0 bridgehead atoms. The van der Waals surface area contributed by atoms with Crippen molar-refractivity contribution in [3.8, 4) is 0 Å². The number of fused-ring (bicyclic) bond motifs is 1. The summed E-state index contributed by atoms with van der Waals surface area (Å²) in [6, 6.07) is 12.0. The molecule has 0 unspecified atom stereocenters. The molecule has 0 aliphatic carbocycles. The smallest absolute Gasteiger partial charge is 0.341 e. The largest absolute Gasteiger partial charge is 0.422 e. The Bertz CT molecular complexity index is 911. The van der Waals surface area contributed by atoms with Gasteiger partial charge in [-0.25, -0.2) is 4.79 Å². The molecule has 2 aromatic carbocycles. The lowest BCUT2D eigenvalue weighted by Crippen LogP contribution is -2.35. The van der Waals surface area contributed by atoms with Gasteiger partial charge in [0.1, 0.15) is 11.0 Å². The van der Waals surface area contributed by atoms with Gasteiger partial charge in [-0.2, -0.15) is 8.42 Å². The molecule has 0 amide bonds. The third-order valence-electron chi connectivity index (χ3n) is 3.13. The van der Waals surface area contributed by atoms with E-state index in [-0.39, 0.29) is 4.90 Å². The fourth-order valence-electron chi connectivity index (χ4n) is 2.18. The zero-order chi connectivity index (χ0) is 16.7. The molecular weight excluding hydrogens is 320 g/mol. The number of cyclic esters (lactones) is 1. The van der Waals surface area contributed by atoms with Crippen LogP contribution in [0.5, 0.6) is 0 Å². The molecule has 0 spiro atoms. The maximum Gasteiger partial charge on any atom is 0.341 e. The minimum absolute atomic E-state index is 0.0301. The number of rotatable bonds is 3. The van der Waals surface area contributed by atoms with Crippen LogP contribution >= 0.6 is 0 Å². The Hall–Kier alpha value is -2.54. The summed E-state index contributed by atoms with van der Waals surface area (Å²) in [5.41, 5.74) is 0. The van der Waals surface area contributed by atoms with Gasteiger partial charge in [0.05, 0.1) is 0 Å². The van der Waals surface area contributed by atoms with Crippen molar-refractivity contribution in [3.63, 3.8) is 0 Å². The molecule has 0 atom stereocenters. The van der Waals surface area contributed by atoms with Gasteiger partial charge in [-0.15, -0.1) is 0 Å². The Morgan fingerprint density at radius 1 is 1.00 bits per heavy atom. The van der Waals surface area contributed by atoms with Gasteiger partial charge in [0.25, 0.3) is 5.79 Å². The number of hydrogen-bond donors (Lipinski definition) is 0. The van der Waals surface area contributed by atoms with Crippen LogP contribution in [0.3, 0.4) is 0 Å². The van der Waals surface area contributed by atoms with Crippen LogP contribution in [0.25, 0.3) is 10.8 Å². The van der Waals surface area contributed by atoms with E-state index in [0.29, 0.717) is 0 Å². The number of esters is 1. The van der Waals surface area contributed by atoms with Crippen LogP contribution in [0.4, 0.5) is 0 Å². The third-order valence-corrected chi connectivity index (χ3v) is 4.34. The molecule has 7 heteroatoms. The van der Waals surface area contributed by atoms with Crippen LogP contribution in [-0.2, 0) is 28.6 Å². The zero-order valence-corrected chi connectivity index (χ0v) is 13.3. The van der Waals surface area contributed by atoms with Gasteiger partial charge < -0.3 is 13.7 Å². The molecular formula is C16H14O6S. The van der Waals surface area contributed by atoms with E-state index in [9.17, 15) is 13.2 Å². The predicted octanol–water partition coefficient (Wildman–Crippen LogP) is 2.70. The number of carbonyl (C=O) groups is 1. The number of ether oxygens (including phenoxy) is 2. The second-order valence-electron chi connectivity index (χ2n) is 5.43. The van der Waals surface area contributed by atoms with Crippen molar-refractivity contribution in [1.82, 2.24) is 0 Å². The second kappa shape index (κ2) is 5.27. The monoisotopic (exact) mass is 334 g/mol. The third kappa shape index (κ3) is 3.29. The number of hydrogen-bond acceptors (Lipinski definition) is 6. The highest BCUT2D eigenvalue weighted by atomic mass is 32.2. The van der Waals surface area contributed by atoms with Gasteiger partial charge in [0, 0.05) is 13.8 Å². The SMILES string of the molecule is CC1(C)OC(=O)C=C(OS(=O)(=O)c2ccc3ccccc3c2)O1. The zero-order valence-electron chi connectivity index (χ0n) is 12.5. The minimum Gasteiger partial charge on any atom is -0.422 e. The lowest BCUT2D eigenvalue weighted by molar-refractivity contribution is -0.216. The van der Waals surface area contributed by atoms with Crippen molar-refractivity contribution in [2.75, 3.05) is 0 Å². The maximum atomic E-state index is 12.4. The molecule has 120 valence electrons. The summed E-state index contributed by atoms with van der Waals surface area (Å²) in [5.74, 6) is -2.44. The molecule has 0 N–H and O–H groups in total. The van der Waals surface area contributed by atoms with Crippen LogP contribution in [0.1, 0.15) is 13.8 Å². The van der Waals surface area contributed by atoms with Gasteiger partial charge in [-0.05, 0) is 22.9 Å². The summed E-state index contributed by atoms with van der Waals surface area (Å²) in [5, 5.41) is 1.67. The molecule has 6 nitrogen and oxygen atoms in total. The van der Waals surface area contributed by atoms with E-state index in [4.69, 9.17) is 13.7 Å². The normalized spacial score (nSPS) is 17.1. The Morgan fingerprint density at radius 3 is 2.39 bits per heavy atom.